The van der Waals surface area contributed by atoms with Gasteiger partial charge in [0.05, 0.1) is 12.7 Å². The van der Waals surface area contributed by atoms with Crippen LogP contribution in [0.5, 0.6) is 0 Å². The Labute approximate surface area is 162 Å². The van der Waals surface area contributed by atoms with E-state index in [0.717, 1.165) is 10.1 Å². The van der Waals surface area contributed by atoms with Crippen LogP contribution >= 0.6 is 23.1 Å². The molecule has 5 nitrogen and oxygen atoms in total. The van der Waals surface area contributed by atoms with E-state index < -0.39 is 0 Å². The molecule has 27 heavy (non-hydrogen) atoms. The van der Waals surface area contributed by atoms with E-state index >= 15 is 0 Å². The molecule has 0 unspecified atom stereocenters. The van der Waals surface area contributed by atoms with Crippen molar-refractivity contribution in [1.82, 2.24) is 10.2 Å². The number of carbonyl (C=O) groups is 1. The Kier molecular flexibility index (Phi) is 5.17. The van der Waals surface area contributed by atoms with Crippen molar-refractivity contribution in [2.24, 2.45) is 0 Å². The Morgan fingerprint density at radius 3 is 2.89 bits per heavy atom. The minimum atomic E-state index is -0.366. The van der Waals surface area contributed by atoms with Gasteiger partial charge in [-0.3, -0.25) is 4.79 Å². The predicted molar refractivity (Wildman–Crippen MR) is 104 cm³/mol. The van der Waals surface area contributed by atoms with Crippen LogP contribution in [0.1, 0.15) is 11.1 Å². The highest BCUT2D eigenvalue weighted by molar-refractivity contribution is 8.00. The van der Waals surface area contributed by atoms with Gasteiger partial charge in [-0.25, -0.2) is 4.39 Å². The molecule has 0 bridgehead atoms. The zero-order valence-corrected chi connectivity index (χ0v) is 15.6. The second-order valence-electron chi connectivity index (χ2n) is 5.77. The third-order valence-electron chi connectivity index (χ3n) is 3.82. The molecule has 0 aliphatic rings. The number of halogens is 1. The summed E-state index contributed by atoms with van der Waals surface area (Å²) < 4.78 is 19.6. The summed E-state index contributed by atoms with van der Waals surface area (Å²) in [6, 6.07) is 14.3. The third-order valence-corrected chi connectivity index (χ3v) is 5.87. The van der Waals surface area contributed by atoms with Gasteiger partial charge in [-0.05, 0) is 23.8 Å². The van der Waals surface area contributed by atoms with Gasteiger partial charge in [-0.2, -0.15) is 0 Å². The van der Waals surface area contributed by atoms with Crippen molar-refractivity contribution in [2.45, 2.75) is 16.5 Å². The number of aromatic nitrogens is 2. The van der Waals surface area contributed by atoms with Gasteiger partial charge in [-0.1, -0.05) is 53.4 Å². The first kappa shape index (κ1) is 17.7. The minimum Gasteiger partial charge on any atom is -0.464 e. The number of hydrogen-bond donors (Lipinski definition) is 1. The van der Waals surface area contributed by atoms with E-state index in [4.69, 9.17) is 4.42 Å². The average Bonchev–Trinajstić information content (AvgIpc) is 3.28. The third kappa shape index (κ3) is 4.35. The SMILES string of the molecule is O=C(Cc1coc2ccc(F)cc12)Nc1nnc(SCc2ccccc2)s1. The monoisotopic (exact) mass is 399 g/mol. The summed E-state index contributed by atoms with van der Waals surface area (Å²) in [5, 5.41) is 11.9. The number of anilines is 1. The largest absolute Gasteiger partial charge is 0.464 e. The van der Waals surface area contributed by atoms with E-state index in [0.29, 0.717) is 21.7 Å². The lowest BCUT2D eigenvalue weighted by Crippen LogP contribution is -2.14. The predicted octanol–water partition coefficient (Wildman–Crippen LogP) is 4.90. The molecule has 0 radical (unpaired) electrons. The molecule has 0 saturated heterocycles. The number of amides is 1. The fourth-order valence-corrected chi connectivity index (χ4v) is 4.29. The van der Waals surface area contributed by atoms with Crippen LogP contribution in [0, 0.1) is 5.82 Å². The summed E-state index contributed by atoms with van der Waals surface area (Å²) in [6.07, 6.45) is 1.55. The maximum Gasteiger partial charge on any atom is 0.230 e. The topological polar surface area (TPSA) is 68.0 Å². The van der Waals surface area contributed by atoms with Crippen molar-refractivity contribution in [2.75, 3.05) is 5.32 Å². The molecule has 0 aliphatic heterocycles. The Morgan fingerprint density at radius 1 is 1.19 bits per heavy atom. The second kappa shape index (κ2) is 7.89. The summed E-state index contributed by atoms with van der Waals surface area (Å²) in [7, 11) is 0. The van der Waals surface area contributed by atoms with E-state index in [1.807, 2.05) is 18.2 Å². The van der Waals surface area contributed by atoms with Crippen molar-refractivity contribution in [3.8, 4) is 0 Å². The Bertz CT molecular complexity index is 1080. The molecule has 0 fully saturated rings. The van der Waals surface area contributed by atoms with Crippen LogP contribution in [-0.4, -0.2) is 16.1 Å². The molecule has 0 spiro atoms. The van der Waals surface area contributed by atoms with Crippen LogP contribution in [0.4, 0.5) is 9.52 Å². The zero-order chi connectivity index (χ0) is 18.6. The number of nitrogens with one attached hydrogen (secondary N) is 1. The number of thioether (sulfide) groups is 1. The van der Waals surface area contributed by atoms with Gasteiger partial charge in [0, 0.05) is 16.7 Å². The lowest BCUT2D eigenvalue weighted by molar-refractivity contribution is -0.115. The minimum absolute atomic E-state index is 0.0719. The molecule has 4 aromatic rings. The molecule has 136 valence electrons. The number of carbonyl (C=O) groups excluding carboxylic acids is 1. The van der Waals surface area contributed by atoms with Crippen LogP contribution in [0.2, 0.25) is 0 Å². The highest BCUT2D eigenvalue weighted by Gasteiger charge is 2.13. The lowest BCUT2D eigenvalue weighted by atomic mass is 10.1. The highest BCUT2D eigenvalue weighted by Crippen LogP contribution is 2.28. The molecule has 1 amide bonds. The second-order valence-corrected chi connectivity index (χ2v) is 7.97. The van der Waals surface area contributed by atoms with Crippen LogP contribution in [0.15, 0.2) is 63.6 Å². The summed E-state index contributed by atoms with van der Waals surface area (Å²) >= 11 is 2.89. The standard InChI is InChI=1S/C19H14FN3O2S2/c20-14-6-7-16-15(9-14)13(10-25-16)8-17(24)21-18-22-23-19(27-18)26-11-12-4-2-1-3-5-12/h1-7,9-10H,8,11H2,(H,21,22,24). The molecular formula is C19H14FN3O2S2. The molecule has 1 N–H and O–H groups in total. The van der Waals surface area contributed by atoms with Gasteiger partial charge in [-0.15, -0.1) is 10.2 Å². The summed E-state index contributed by atoms with van der Waals surface area (Å²) in [5.74, 6) is 0.170. The van der Waals surface area contributed by atoms with Crippen LogP contribution in [-0.2, 0) is 17.0 Å². The van der Waals surface area contributed by atoms with Crippen molar-refractivity contribution < 1.29 is 13.6 Å². The maximum atomic E-state index is 13.4. The molecule has 2 heterocycles. The number of benzene rings is 2. The quantitative estimate of drug-likeness (QED) is 0.369. The van der Waals surface area contributed by atoms with E-state index in [9.17, 15) is 9.18 Å². The Hall–Kier alpha value is -2.71. The van der Waals surface area contributed by atoms with Gasteiger partial charge in [0.15, 0.2) is 4.34 Å². The lowest BCUT2D eigenvalue weighted by Gasteiger charge is -2.00. The van der Waals surface area contributed by atoms with Gasteiger partial charge < -0.3 is 9.73 Å². The van der Waals surface area contributed by atoms with E-state index in [1.54, 1.807) is 17.8 Å². The van der Waals surface area contributed by atoms with Gasteiger partial charge >= 0.3 is 0 Å². The maximum absolute atomic E-state index is 13.4. The van der Waals surface area contributed by atoms with Crippen LogP contribution < -0.4 is 5.32 Å². The van der Waals surface area contributed by atoms with Crippen molar-refractivity contribution in [1.29, 1.82) is 0 Å². The first-order valence-electron chi connectivity index (χ1n) is 8.13. The van der Waals surface area contributed by atoms with Crippen LogP contribution in [0.3, 0.4) is 0 Å². The molecule has 8 heteroatoms. The first-order valence-corrected chi connectivity index (χ1v) is 9.93. The van der Waals surface area contributed by atoms with Gasteiger partial charge in [0.2, 0.25) is 11.0 Å². The number of fused-ring (bicyclic) bond motifs is 1. The molecule has 0 saturated carbocycles. The van der Waals surface area contributed by atoms with Gasteiger partial charge in [0.1, 0.15) is 11.4 Å². The summed E-state index contributed by atoms with van der Waals surface area (Å²) in [4.78, 5) is 12.3. The number of furan rings is 1. The molecule has 0 atom stereocenters. The zero-order valence-electron chi connectivity index (χ0n) is 14.0. The van der Waals surface area contributed by atoms with Gasteiger partial charge in [0.25, 0.3) is 0 Å². The number of nitrogens with zero attached hydrogens (tertiary/aromatic N) is 2. The first-order chi connectivity index (χ1) is 13.2. The number of rotatable bonds is 6. The fourth-order valence-electron chi connectivity index (χ4n) is 2.57. The van der Waals surface area contributed by atoms with E-state index in [1.165, 1.54) is 35.3 Å². The normalized spacial score (nSPS) is 11.0. The molecule has 2 aromatic carbocycles. The van der Waals surface area contributed by atoms with Crippen molar-refractivity contribution in [3.63, 3.8) is 0 Å². The molecule has 2 aromatic heterocycles. The fraction of sp³-hybridized carbons (Fsp3) is 0.105. The molecular weight excluding hydrogens is 385 g/mol. The van der Waals surface area contributed by atoms with Crippen molar-refractivity contribution in [3.05, 3.63) is 71.7 Å². The average molecular weight is 399 g/mol. The van der Waals surface area contributed by atoms with E-state index in [-0.39, 0.29) is 18.1 Å². The summed E-state index contributed by atoms with van der Waals surface area (Å²) in [6.45, 7) is 0. The Balaban J connectivity index is 1.37. The highest BCUT2D eigenvalue weighted by atomic mass is 32.2. The molecule has 4 rings (SSSR count). The molecule has 0 aliphatic carbocycles. The van der Waals surface area contributed by atoms with E-state index in [2.05, 4.69) is 27.6 Å². The summed E-state index contributed by atoms with van der Waals surface area (Å²) in [5.41, 5.74) is 2.38. The Morgan fingerprint density at radius 2 is 2.04 bits per heavy atom. The van der Waals surface area contributed by atoms with Crippen LogP contribution in [0.25, 0.3) is 11.0 Å². The smallest absolute Gasteiger partial charge is 0.230 e. The number of hydrogen-bond acceptors (Lipinski definition) is 6. The van der Waals surface area contributed by atoms with Crippen molar-refractivity contribution >= 4 is 45.1 Å².